The average molecular weight is 319 g/mol. The molecule has 0 fully saturated rings. The van der Waals surface area contributed by atoms with Gasteiger partial charge in [0.05, 0.1) is 19.9 Å². The first-order chi connectivity index (χ1) is 8.81. The zero-order valence-corrected chi connectivity index (χ0v) is 12.3. The predicted octanol–water partition coefficient (Wildman–Crippen LogP) is 4.50. The lowest BCUT2D eigenvalue weighted by molar-refractivity contribution is 0.269. The van der Waals surface area contributed by atoms with Gasteiger partial charge in [0.2, 0.25) is 0 Å². The van der Waals surface area contributed by atoms with Crippen LogP contribution in [0.1, 0.15) is 31.7 Å². The van der Waals surface area contributed by atoms with E-state index in [0.29, 0.717) is 19.6 Å². The van der Waals surface area contributed by atoms with Crippen molar-refractivity contribution in [1.82, 2.24) is 0 Å². The number of benzene rings is 1. The second kappa shape index (κ2) is 9.20. The summed E-state index contributed by atoms with van der Waals surface area (Å²) < 4.78 is 23.2. The van der Waals surface area contributed by atoms with Crippen LogP contribution in [0.4, 0.5) is 4.39 Å². The van der Waals surface area contributed by atoms with Crippen LogP contribution in [0.5, 0.6) is 11.5 Å². The van der Waals surface area contributed by atoms with Crippen molar-refractivity contribution in [2.24, 2.45) is 0 Å². The molecule has 4 heteroatoms. The molecule has 0 radical (unpaired) electrons. The summed E-state index contributed by atoms with van der Waals surface area (Å²) in [7, 11) is 0. The first-order valence-electron chi connectivity index (χ1n) is 6.32. The lowest BCUT2D eigenvalue weighted by atomic mass is 10.2. The van der Waals surface area contributed by atoms with Crippen molar-refractivity contribution in [3.8, 4) is 11.5 Å². The Labute approximate surface area is 117 Å². The second-order valence-electron chi connectivity index (χ2n) is 3.95. The normalized spacial score (nSPS) is 10.4. The fraction of sp³-hybridized carbons (Fsp3) is 0.571. The van der Waals surface area contributed by atoms with E-state index in [4.69, 9.17) is 9.47 Å². The molecule has 1 aromatic carbocycles. The second-order valence-corrected chi connectivity index (χ2v) is 4.51. The van der Waals surface area contributed by atoms with Crippen LogP contribution in [0.25, 0.3) is 0 Å². The fourth-order valence-electron chi connectivity index (χ4n) is 1.58. The molecular weight excluding hydrogens is 299 g/mol. The average Bonchev–Trinajstić information content (AvgIpc) is 2.40. The highest BCUT2D eigenvalue weighted by Gasteiger charge is 2.06. The smallest absolute Gasteiger partial charge is 0.161 e. The van der Waals surface area contributed by atoms with E-state index >= 15 is 0 Å². The lowest BCUT2D eigenvalue weighted by Gasteiger charge is -2.12. The maximum atomic E-state index is 11.9. The SMILES string of the molecule is CCOc1cc(CBr)ccc1OCCCCCF. The Morgan fingerprint density at radius 2 is 1.94 bits per heavy atom. The number of unbranched alkanes of at least 4 members (excludes halogenated alkanes) is 2. The Morgan fingerprint density at radius 3 is 2.61 bits per heavy atom. The number of ether oxygens (including phenoxy) is 2. The third-order valence-electron chi connectivity index (χ3n) is 2.50. The van der Waals surface area contributed by atoms with Crippen molar-refractivity contribution in [1.29, 1.82) is 0 Å². The number of rotatable bonds is 9. The van der Waals surface area contributed by atoms with Crippen LogP contribution < -0.4 is 9.47 Å². The van der Waals surface area contributed by atoms with Crippen LogP contribution in [0.15, 0.2) is 18.2 Å². The topological polar surface area (TPSA) is 18.5 Å². The first-order valence-corrected chi connectivity index (χ1v) is 7.44. The molecule has 18 heavy (non-hydrogen) atoms. The molecule has 0 amide bonds. The summed E-state index contributed by atoms with van der Waals surface area (Å²) in [6.07, 6.45) is 2.35. The van der Waals surface area contributed by atoms with Gasteiger partial charge in [-0.3, -0.25) is 4.39 Å². The molecule has 102 valence electrons. The maximum Gasteiger partial charge on any atom is 0.161 e. The van der Waals surface area contributed by atoms with Crippen molar-refractivity contribution >= 4 is 15.9 Å². The van der Waals surface area contributed by atoms with Crippen molar-refractivity contribution < 1.29 is 13.9 Å². The van der Waals surface area contributed by atoms with Gasteiger partial charge in [0.15, 0.2) is 11.5 Å². The molecule has 0 aliphatic carbocycles. The molecule has 0 aromatic heterocycles. The van der Waals surface area contributed by atoms with Gasteiger partial charge < -0.3 is 9.47 Å². The number of hydrogen-bond donors (Lipinski definition) is 0. The highest BCUT2D eigenvalue weighted by Crippen LogP contribution is 2.29. The Kier molecular flexibility index (Phi) is 7.81. The molecule has 1 rings (SSSR count). The first kappa shape index (κ1) is 15.3. The van der Waals surface area contributed by atoms with Crippen LogP contribution >= 0.6 is 15.9 Å². The van der Waals surface area contributed by atoms with Crippen molar-refractivity contribution in [2.45, 2.75) is 31.5 Å². The molecule has 0 aliphatic heterocycles. The molecule has 0 atom stereocenters. The summed E-state index contributed by atoms with van der Waals surface area (Å²) >= 11 is 3.42. The predicted molar refractivity (Wildman–Crippen MR) is 75.6 cm³/mol. The molecule has 0 heterocycles. The molecule has 0 unspecified atom stereocenters. The monoisotopic (exact) mass is 318 g/mol. The van der Waals surface area contributed by atoms with E-state index in [2.05, 4.69) is 15.9 Å². The van der Waals surface area contributed by atoms with E-state index in [0.717, 1.165) is 35.2 Å². The van der Waals surface area contributed by atoms with Gasteiger partial charge >= 0.3 is 0 Å². The van der Waals surface area contributed by atoms with Crippen molar-refractivity contribution in [3.05, 3.63) is 23.8 Å². The number of halogens is 2. The summed E-state index contributed by atoms with van der Waals surface area (Å²) in [5, 5.41) is 0.795. The standard InChI is InChI=1S/C14H20BrFO2/c1-2-17-14-10-12(11-15)6-7-13(14)18-9-5-3-4-8-16/h6-7,10H,2-5,8-9,11H2,1H3. The molecule has 0 bridgehead atoms. The molecule has 2 nitrogen and oxygen atoms in total. The minimum absolute atomic E-state index is 0.246. The quantitative estimate of drug-likeness (QED) is 0.493. The third-order valence-corrected chi connectivity index (χ3v) is 3.15. The summed E-state index contributed by atoms with van der Waals surface area (Å²) in [4.78, 5) is 0. The van der Waals surface area contributed by atoms with Crippen LogP contribution in [-0.2, 0) is 5.33 Å². The minimum atomic E-state index is -0.246. The summed E-state index contributed by atoms with van der Waals surface area (Å²) in [6.45, 7) is 2.92. The van der Waals surface area contributed by atoms with Crippen LogP contribution in [-0.4, -0.2) is 19.9 Å². The largest absolute Gasteiger partial charge is 0.490 e. The molecule has 0 N–H and O–H groups in total. The van der Waals surface area contributed by atoms with Crippen molar-refractivity contribution in [3.63, 3.8) is 0 Å². The maximum absolute atomic E-state index is 11.9. The van der Waals surface area contributed by atoms with Gasteiger partial charge in [-0.25, -0.2) is 0 Å². The van der Waals surface area contributed by atoms with Gasteiger partial charge in [0.25, 0.3) is 0 Å². The van der Waals surface area contributed by atoms with E-state index in [1.807, 2.05) is 25.1 Å². The Balaban J connectivity index is 2.52. The van der Waals surface area contributed by atoms with Crippen LogP contribution in [0.2, 0.25) is 0 Å². The molecule has 0 saturated heterocycles. The summed E-state index contributed by atoms with van der Waals surface area (Å²) in [5.41, 5.74) is 1.16. The van der Waals surface area contributed by atoms with E-state index in [1.165, 1.54) is 0 Å². The van der Waals surface area contributed by atoms with E-state index < -0.39 is 0 Å². The highest BCUT2D eigenvalue weighted by atomic mass is 79.9. The van der Waals surface area contributed by atoms with Gasteiger partial charge in [-0.2, -0.15) is 0 Å². The zero-order chi connectivity index (χ0) is 13.2. The lowest BCUT2D eigenvalue weighted by Crippen LogP contribution is -2.01. The highest BCUT2D eigenvalue weighted by molar-refractivity contribution is 9.08. The summed E-state index contributed by atoms with van der Waals surface area (Å²) in [6, 6.07) is 5.92. The van der Waals surface area contributed by atoms with Gasteiger partial charge in [0.1, 0.15) is 0 Å². The van der Waals surface area contributed by atoms with Gasteiger partial charge in [0, 0.05) is 5.33 Å². The van der Waals surface area contributed by atoms with Crippen LogP contribution in [0.3, 0.4) is 0 Å². The molecule has 0 spiro atoms. The Hall–Kier alpha value is -0.770. The van der Waals surface area contributed by atoms with Crippen molar-refractivity contribution in [2.75, 3.05) is 19.9 Å². The Morgan fingerprint density at radius 1 is 1.11 bits per heavy atom. The van der Waals surface area contributed by atoms with E-state index in [9.17, 15) is 4.39 Å². The summed E-state index contributed by atoms with van der Waals surface area (Å²) in [5.74, 6) is 1.54. The molecular formula is C14H20BrFO2. The minimum Gasteiger partial charge on any atom is -0.490 e. The fourth-order valence-corrected chi connectivity index (χ4v) is 1.93. The van der Waals surface area contributed by atoms with Gasteiger partial charge in [-0.15, -0.1) is 0 Å². The molecule has 1 aromatic rings. The van der Waals surface area contributed by atoms with E-state index in [1.54, 1.807) is 0 Å². The van der Waals surface area contributed by atoms with Gasteiger partial charge in [-0.1, -0.05) is 22.0 Å². The molecule has 0 aliphatic rings. The number of alkyl halides is 2. The number of hydrogen-bond acceptors (Lipinski definition) is 2. The van der Waals surface area contributed by atoms with Crippen LogP contribution in [0, 0.1) is 0 Å². The van der Waals surface area contributed by atoms with Gasteiger partial charge in [-0.05, 0) is 43.9 Å². The zero-order valence-electron chi connectivity index (χ0n) is 10.8. The Bertz CT molecular complexity index is 345. The molecule has 0 saturated carbocycles. The van der Waals surface area contributed by atoms with E-state index in [-0.39, 0.29) is 6.67 Å². The third kappa shape index (κ3) is 5.25.